The van der Waals surface area contributed by atoms with Gasteiger partial charge in [-0.3, -0.25) is 4.79 Å². The summed E-state index contributed by atoms with van der Waals surface area (Å²) in [4.78, 5) is 30.9. The number of nitrogens with zero attached hydrogens (tertiary/aromatic N) is 2. The van der Waals surface area contributed by atoms with Crippen molar-refractivity contribution in [1.29, 1.82) is 0 Å². The summed E-state index contributed by atoms with van der Waals surface area (Å²) >= 11 is 13.8. The summed E-state index contributed by atoms with van der Waals surface area (Å²) in [7, 11) is 3.18. The highest BCUT2D eigenvalue weighted by Gasteiger charge is 2.22. The van der Waals surface area contributed by atoms with E-state index in [1.165, 1.54) is 4.90 Å². The lowest BCUT2D eigenvalue weighted by atomic mass is 10.1. The van der Waals surface area contributed by atoms with Gasteiger partial charge in [0.25, 0.3) is 0 Å². The number of benzene rings is 2. The average Bonchev–Trinajstić information content (AvgIpc) is 3.31. The summed E-state index contributed by atoms with van der Waals surface area (Å²) in [5.41, 5.74) is 2.53. The molecule has 1 aromatic heterocycles. The molecule has 0 radical (unpaired) electrons. The van der Waals surface area contributed by atoms with Crippen LogP contribution in [-0.2, 0) is 17.8 Å². The van der Waals surface area contributed by atoms with E-state index in [1.807, 2.05) is 36.6 Å². The van der Waals surface area contributed by atoms with Crippen molar-refractivity contribution in [3.05, 3.63) is 86.5 Å². The van der Waals surface area contributed by atoms with Crippen LogP contribution in [0.4, 0.5) is 10.5 Å². The third-order valence-corrected chi connectivity index (χ3v) is 7.46. The first-order chi connectivity index (χ1) is 18.2. The number of carbonyl (C=O) groups is 2. The van der Waals surface area contributed by atoms with Crippen LogP contribution in [0.3, 0.4) is 0 Å². The minimum absolute atomic E-state index is 0.126. The Morgan fingerprint density at radius 1 is 1.05 bits per heavy atom. The van der Waals surface area contributed by atoms with Crippen LogP contribution in [0.5, 0.6) is 11.5 Å². The molecule has 3 amide bonds. The summed E-state index contributed by atoms with van der Waals surface area (Å²) in [5, 5.41) is 5.53. The van der Waals surface area contributed by atoms with Gasteiger partial charge in [0.2, 0.25) is 5.91 Å². The Kier molecular flexibility index (Phi) is 10.9. The first-order valence-electron chi connectivity index (χ1n) is 11.9. The topological polar surface area (TPSA) is 71.1 Å². The molecule has 0 atom stereocenters. The van der Waals surface area contributed by atoms with Gasteiger partial charge in [-0.2, -0.15) is 0 Å². The monoisotopic (exact) mass is 575 g/mol. The second kappa shape index (κ2) is 14.1. The van der Waals surface area contributed by atoms with Crippen molar-refractivity contribution in [2.75, 3.05) is 39.2 Å². The molecule has 1 N–H and O–H groups in total. The van der Waals surface area contributed by atoms with E-state index >= 15 is 0 Å². The van der Waals surface area contributed by atoms with Crippen molar-refractivity contribution in [2.24, 2.45) is 0 Å². The predicted molar refractivity (Wildman–Crippen MR) is 155 cm³/mol. The molecule has 0 saturated carbocycles. The highest BCUT2D eigenvalue weighted by Crippen LogP contribution is 2.28. The maximum atomic E-state index is 13.6. The van der Waals surface area contributed by atoms with Crippen LogP contribution < -0.4 is 14.8 Å². The van der Waals surface area contributed by atoms with Crippen LogP contribution in [-0.4, -0.2) is 55.6 Å². The highest BCUT2D eigenvalue weighted by atomic mass is 35.5. The fourth-order valence-corrected chi connectivity index (χ4v) is 5.13. The summed E-state index contributed by atoms with van der Waals surface area (Å²) in [6.07, 6.45) is 2.18. The summed E-state index contributed by atoms with van der Waals surface area (Å²) in [5.74, 6) is 1.09. The Bertz CT molecular complexity index is 1280. The van der Waals surface area contributed by atoms with Crippen LogP contribution in [0.25, 0.3) is 0 Å². The number of methoxy groups -OCH3 is 2. The lowest BCUT2D eigenvalue weighted by Gasteiger charge is -2.27. The summed E-state index contributed by atoms with van der Waals surface area (Å²) in [6, 6.07) is 12.1. The quantitative estimate of drug-likeness (QED) is 0.245. The van der Waals surface area contributed by atoms with Gasteiger partial charge < -0.3 is 24.6 Å². The molecule has 0 bridgehead atoms. The van der Waals surface area contributed by atoms with Gasteiger partial charge >= 0.3 is 6.03 Å². The number of hydrogen-bond acceptors (Lipinski definition) is 5. The molecular weight excluding hydrogens is 545 g/mol. The minimum Gasteiger partial charge on any atom is -0.493 e. The van der Waals surface area contributed by atoms with E-state index in [0.29, 0.717) is 46.7 Å². The minimum atomic E-state index is -0.463. The van der Waals surface area contributed by atoms with Gasteiger partial charge in [-0.05, 0) is 66.2 Å². The number of anilines is 1. The molecule has 3 aromatic rings. The maximum Gasteiger partial charge on any atom is 0.322 e. The summed E-state index contributed by atoms with van der Waals surface area (Å²) < 4.78 is 10.7. The normalized spacial score (nSPS) is 10.6. The van der Waals surface area contributed by atoms with Gasteiger partial charge in [0, 0.05) is 23.0 Å². The number of amides is 3. The van der Waals surface area contributed by atoms with Crippen molar-refractivity contribution in [3.8, 4) is 11.5 Å². The second-order valence-electron chi connectivity index (χ2n) is 8.50. The number of rotatable bonds is 12. The third kappa shape index (κ3) is 7.90. The van der Waals surface area contributed by atoms with Crippen molar-refractivity contribution in [2.45, 2.75) is 19.9 Å². The second-order valence-corrected chi connectivity index (χ2v) is 10.3. The van der Waals surface area contributed by atoms with E-state index < -0.39 is 6.03 Å². The number of nitrogens with one attached hydrogen (secondary N) is 1. The number of thiophene rings is 1. The van der Waals surface area contributed by atoms with Gasteiger partial charge in [0.1, 0.15) is 6.54 Å². The molecule has 0 aliphatic heterocycles. The number of carbonyl (C=O) groups excluding carboxylic acids is 2. The Hall–Kier alpha value is -3.20. The van der Waals surface area contributed by atoms with Crippen molar-refractivity contribution in [1.82, 2.24) is 9.80 Å². The fourth-order valence-electron chi connectivity index (χ4n) is 3.76. The van der Waals surface area contributed by atoms with Gasteiger partial charge in [0.05, 0.1) is 31.5 Å². The van der Waals surface area contributed by atoms with E-state index in [0.717, 1.165) is 16.0 Å². The third-order valence-electron chi connectivity index (χ3n) is 5.91. The molecule has 7 nitrogen and oxygen atoms in total. The molecule has 1 heterocycles. The van der Waals surface area contributed by atoms with Crippen LogP contribution in [0.15, 0.2) is 60.5 Å². The Balaban J connectivity index is 1.76. The van der Waals surface area contributed by atoms with E-state index in [9.17, 15) is 9.59 Å². The van der Waals surface area contributed by atoms with E-state index in [1.54, 1.807) is 54.7 Å². The zero-order valence-corrected chi connectivity index (χ0v) is 24.0. The average molecular weight is 577 g/mol. The smallest absolute Gasteiger partial charge is 0.322 e. The fraction of sp³-hybridized carbons (Fsp3) is 0.286. The van der Waals surface area contributed by atoms with Crippen LogP contribution in [0.2, 0.25) is 10.0 Å². The standard InChI is InChI=1S/C28H31Cl2N3O4S/c1-5-12-33(28(35)31-23-8-7-21(29)16-22(23)30)18-27(34)32(17-26-19(2)11-14-38-26)13-10-20-6-9-24(36-3)25(15-20)37-4/h5-9,11,14-16H,1,10,12-13,17-18H2,2-4H3,(H,31,35). The maximum absolute atomic E-state index is 13.6. The van der Waals surface area contributed by atoms with Crippen LogP contribution >= 0.6 is 34.5 Å². The Morgan fingerprint density at radius 2 is 1.82 bits per heavy atom. The molecule has 0 unspecified atom stereocenters. The SMILES string of the molecule is C=CCN(CC(=O)N(CCc1ccc(OC)c(OC)c1)Cc1sccc1C)C(=O)Nc1ccc(Cl)cc1Cl. The zero-order valence-electron chi connectivity index (χ0n) is 21.6. The van der Waals surface area contributed by atoms with Crippen LogP contribution in [0.1, 0.15) is 16.0 Å². The molecular formula is C28H31Cl2N3O4S. The molecule has 10 heteroatoms. The number of halogens is 2. The lowest BCUT2D eigenvalue weighted by molar-refractivity contribution is -0.132. The van der Waals surface area contributed by atoms with Crippen molar-refractivity contribution in [3.63, 3.8) is 0 Å². The number of hydrogen-bond donors (Lipinski definition) is 1. The highest BCUT2D eigenvalue weighted by molar-refractivity contribution is 7.10. The van der Waals surface area contributed by atoms with Crippen LogP contribution in [0, 0.1) is 6.92 Å². The molecule has 0 aliphatic carbocycles. The van der Waals surface area contributed by atoms with Crippen molar-refractivity contribution >= 4 is 52.2 Å². The predicted octanol–water partition coefficient (Wildman–Crippen LogP) is 6.67. The van der Waals surface area contributed by atoms with Gasteiger partial charge in [-0.25, -0.2) is 4.79 Å². The Morgan fingerprint density at radius 3 is 2.45 bits per heavy atom. The van der Waals surface area contributed by atoms with Gasteiger partial charge in [-0.1, -0.05) is 35.3 Å². The molecule has 3 rings (SSSR count). The van der Waals surface area contributed by atoms with E-state index in [-0.39, 0.29) is 19.0 Å². The summed E-state index contributed by atoms with van der Waals surface area (Å²) in [6.45, 7) is 6.73. The zero-order chi connectivity index (χ0) is 27.7. The first kappa shape index (κ1) is 29.4. The molecule has 0 spiro atoms. The van der Waals surface area contributed by atoms with Gasteiger partial charge in [-0.15, -0.1) is 17.9 Å². The van der Waals surface area contributed by atoms with E-state index in [2.05, 4.69) is 11.9 Å². The molecule has 38 heavy (non-hydrogen) atoms. The molecule has 2 aromatic carbocycles. The lowest BCUT2D eigenvalue weighted by Crippen LogP contribution is -2.45. The Labute approximate surface area is 237 Å². The molecule has 0 aliphatic rings. The van der Waals surface area contributed by atoms with E-state index in [4.69, 9.17) is 32.7 Å². The largest absolute Gasteiger partial charge is 0.493 e. The molecule has 202 valence electrons. The molecule has 0 saturated heterocycles. The number of aryl methyl sites for hydroxylation is 1. The van der Waals surface area contributed by atoms with Gasteiger partial charge in [0.15, 0.2) is 11.5 Å². The van der Waals surface area contributed by atoms with Crippen molar-refractivity contribution < 1.29 is 19.1 Å². The number of urea groups is 1. The molecule has 0 fully saturated rings. The first-order valence-corrected chi connectivity index (χ1v) is 13.5. The number of ether oxygens (including phenoxy) is 2.